The van der Waals surface area contributed by atoms with Crippen LogP contribution >= 0.6 is 0 Å². The molecule has 5 rings (SSSR count). The van der Waals surface area contributed by atoms with Crippen LogP contribution in [0.5, 0.6) is 5.75 Å². The number of rotatable bonds is 11. The van der Waals surface area contributed by atoms with Gasteiger partial charge in [-0.15, -0.1) is 0 Å². The molecule has 49 heavy (non-hydrogen) atoms. The predicted molar refractivity (Wildman–Crippen MR) is 197 cm³/mol. The van der Waals surface area contributed by atoms with Gasteiger partial charge in [0.25, 0.3) is 8.32 Å². The minimum absolute atomic E-state index is 0.172. The first-order chi connectivity index (χ1) is 23.2. The summed E-state index contributed by atoms with van der Waals surface area (Å²) in [5, 5.41) is 35.0. The smallest absolute Gasteiger partial charge is 0.261 e. The standard InChI is InChI=1S/C41H51NO6Si/c1-26(20-29-21-27(2)38(45)28(3)22-29)18-19-35(44)36-30(23-33-37(34(36)24-43)40(47)42(7)39(33)46)25-48-49(41(4,5)6,31-14-10-8-11-15-31)32-16-12-9-13-17-32/h8-17,20-22,33-35,37,43-45H,18-19,23-25H2,1-7H3/b26-20+/t33-,34+,35-,37-/m1/s1. The van der Waals surface area contributed by atoms with E-state index in [4.69, 9.17) is 4.43 Å². The van der Waals surface area contributed by atoms with Crippen molar-refractivity contribution in [3.05, 3.63) is 106 Å². The van der Waals surface area contributed by atoms with Crippen LogP contribution in [-0.2, 0) is 14.0 Å². The van der Waals surface area contributed by atoms with E-state index in [1.54, 1.807) is 0 Å². The largest absolute Gasteiger partial charge is 0.507 e. The number of fused-ring (bicyclic) bond motifs is 1. The Balaban J connectivity index is 1.55. The lowest BCUT2D eigenvalue weighted by Crippen LogP contribution is -2.66. The zero-order chi connectivity index (χ0) is 35.7. The number of amides is 2. The number of hydrogen-bond donors (Lipinski definition) is 3. The second-order valence-corrected chi connectivity index (χ2v) is 19.2. The highest BCUT2D eigenvalue weighted by Gasteiger charge is 2.55. The second-order valence-electron chi connectivity index (χ2n) is 14.9. The minimum Gasteiger partial charge on any atom is -0.507 e. The molecular weight excluding hydrogens is 631 g/mol. The Bertz CT molecular complexity index is 1680. The molecular formula is C41H51NO6Si. The number of carbonyl (C=O) groups excluding carboxylic acids is 2. The Hall–Kier alpha value is -3.82. The lowest BCUT2D eigenvalue weighted by molar-refractivity contribution is -0.138. The molecule has 0 spiro atoms. The van der Waals surface area contributed by atoms with Gasteiger partial charge in [-0.2, -0.15) is 0 Å². The summed E-state index contributed by atoms with van der Waals surface area (Å²) in [6, 6.07) is 24.5. The molecule has 2 aliphatic rings. The molecule has 0 radical (unpaired) electrons. The number of benzene rings is 3. The van der Waals surface area contributed by atoms with Crippen molar-refractivity contribution in [2.45, 2.75) is 71.9 Å². The van der Waals surface area contributed by atoms with Crippen LogP contribution in [0.3, 0.4) is 0 Å². The van der Waals surface area contributed by atoms with Crippen molar-refractivity contribution in [1.82, 2.24) is 4.90 Å². The van der Waals surface area contributed by atoms with E-state index in [2.05, 4.69) is 51.1 Å². The van der Waals surface area contributed by atoms with Gasteiger partial charge in [-0.25, -0.2) is 0 Å². The van der Waals surface area contributed by atoms with Gasteiger partial charge < -0.3 is 19.7 Å². The Labute approximate surface area is 292 Å². The van der Waals surface area contributed by atoms with Crippen molar-refractivity contribution in [2.24, 2.45) is 17.8 Å². The molecule has 0 bridgehead atoms. The minimum atomic E-state index is -2.97. The van der Waals surface area contributed by atoms with Gasteiger partial charge >= 0.3 is 0 Å². The van der Waals surface area contributed by atoms with Gasteiger partial charge in [0.1, 0.15) is 5.75 Å². The van der Waals surface area contributed by atoms with Crippen LogP contribution in [0.4, 0.5) is 0 Å². The molecule has 4 atom stereocenters. The SMILES string of the molecule is C/C(=C\c1cc(C)c(O)c(C)c1)CC[C@@H](O)C1=C(CO[Si](c2ccccc2)(c2ccccc2)C(C)(C)C)C[C@H]2C(=O)N(C)C(=O)[C@H]2[C@H]1CO. The van der Waals surface area contributed by atoms with Crippen molar-refractivity contribution < 1.29 is 29.3 Å². The summed E-state index contributed by atoms with van der Waals surface area (Å²) in [7, 11) is -1.46. The third-order valence-corrected chi connectivity index (χ3v) is 15.6. The summed E-state index contributed by atoms with van der Waals surface area (Å²) in [5.74, 6) is -2.28. The van der Waals surface area contributed by atoms with Crippen molar-refractivity contribution >= 4 is 36.6 Å². The molecule has 1 heterocycles. The molecule has 3 aromatic carbocycles. The molecule has 8 heteroatoms. The van der Waals surface area contributed by atoms with Gasteiger partial charge in [-0.1, -0.05) is 93.1 Å². The number of aromatic hydroxyl groups is 1. The van der Waals surface area contributed by atoms with E-state index in [-0.39, 0.29) is 30.1 Å². The molecule has 1 saturated heterocycles. The third-order valence-electron chi connectivity index (χ3n) is 10.6. The number of carbonyl (C=O) groups is 2. The maximum absolute atomic E-state index is 13.4. The van der Waals surface area contributed by atoms with E-state index in [1.165, 1.54) is 11.9 Å². The lowest BCUT2D eigenvalue weighted by Gasteiger charge is -2.44. The lowest BCUT2D eigenvalue weighted by atomic mass is 9.68. The van der Waals surface area contributed by atoms with E-state index < -0.39 is 32.2 Å². The normalized spacial score (nSPS) is 21.0. The van der Waals surface area contributed by atoms with Crippen LogP contribution in [0.2, 0.25) is 5.04 Å². The fourth-order valence-electron chi connectivity index (χ4n) is 8.16. The highest BCUT2D eigenvalue weighted by molar-refractivity contribution is 6.99. The third kappa shape index (κ3) is 6.97. The first-order valence-electron chi connectivity index (χ1n) is 17.3. The Morgan fingerprint density at radius 3 is 2.04 bits per heavy atom. The van der Waals surface area contributed by atoms with E-state index in [0.717, 1.165) is 38.2 Å². The molecule has 1 fully saturated rings. The van der Waals surface area contributed by atoms with Crippen LogP contribution in [0.25, 0.3) is 6.08 Å². The number of likely N-dealkylation sites (tertiary alicyclic amines) is 1. The molecule has 260 valence electrons. The molecule has 0 saturated carbocycles. The number of allylic oxidation sites excluding steroid dienone is 1. The van der Waals surface area contributed by atoms with Gasteiger partial charge in [0.2, 0.25) is 11.8 Å². The summed E-state index contributed by atoms with van der Waals surface area (Å²) >= 11 is 0. The average molecular weight is 682 g/mol. The average Bonchev–Trinajstić information content (AvgIpc) is 3.29. The van der Waals surface area contributed by atoms with Crippen molar-refractivity contribution in [3.8, 4) is 5.75 Å². The van der Waals surface area contributed by atoms with Gasteiger partial charge in [0, 0.05) is 13.0 Å². The molecule has 2 amide bonds. The maximum Gasteiger partial charge on any atom is 0.261 e. The number of aliphatic hydroxyl groups is 2. The van der Waals surface area contributed by atoms with E-state index in [0.29, 0.717) is 30.6 Å². The molecule has 7 nitrogen and oxygen atoms in total. The topological polar surface area (TPSA) is 107 Å². The molecule has 0 aromatic heterocycles. The predicted octanol–water partition coefficient (Wildman–Crippen LogP) is 5.67. The van der Waals surface area contributed by atoms with Crippen molar-refractivity contribution in [3.63, 3.8) is 0 Å². The zero-order valence-corrected chi connectivity index (χ0v) is 30.9. The second kappa shape index (κ2) is 14.6. The summed E-state index contributed by atoms with van der Waals surface area (Å²) < 4.78 is 7.30. The monoisotopic (exact) mass is 681 g/mol. The fraction of sp³-hybridized carbons (Fsp3) is 0.415. The van der Waals surface area contributed by atoms with Gasteiger partial charge in [-0.05, 0) is 95.4 Å². The molecule has 3 aromatic rings. The van der Waals surface area contributed by atoms with Crippen LogP contribution in [0.15, 0.2) is 89.5 Å². The zero-order valence-electron chi connectivity index (χ0n) is 29.9. The van der Waals surface area contributed by atoms with Crippen LogP contribution < -0.4 is 10.4 Å². The highest BCUT2D eigenvalue weighted by Crippen LogP contribution is 2.47. The first-order valence-corrected chi connectivity index (χ1v) is 19.2. The Kier molecular flexibility index (Phi) is 10.8. The van der Waals surface area contributed by atoms with Gasteiger partial charge in [0.15, 0.2) is 0 Å². The quantitative estimate of drug-likeness (QED) is 0.137. The summed E-state index contributed by atoms with van der Waals surface area (Å²) in [6.07, 6.45) is 2.36. The number of aliphatic hydroxyl groups excluding tert-OH is 2. The maximum atomic E-state index is 13.4. The van der Waals surface area contributed by atoms with E-state index in [9.17, 15) is 24.9 Å². The van der Waals surface area contributed by atoms with Crippen LogP contribution in [0.1, 0.15) is 63.6 Å². The van der Waals surface area contributed by atoms with Gasteiger partial charge in [-0.3, -0.25) is 14.5 Å². The molecule has 1 aliphatic heterocycles. The number of phenols is 1. The Morgan fingerprint density at radius 1 is 0.980 bits per heavy atom. The summed E-state index contributed by atoms with van der Waals surface area (Å²) in [5.41, 5.74) is 5.06. The van der Waals surface area contributed by atoms with Gasteiger partial charge in [0.05, 0.1) is 31.2 Å². The number of aryl methyl sites for hydroxylation is 2. The number of nitrogens with zero attached hydrogens (tertiary/aromatic N) is 1. The van der Waals surface area contributed by atoms with E-state index in [1.807, 2.05) is 69.3 Å². The number of imide groups is 1. The molecule has 0 unspecified atom stereocenters. The fourth-order valence-corrected chi connectivity index (χ4v) is 12.7. The van der Waals surface area contributed by atoms with Crippen LogP contribution in [-0.4, -0.2) is 66.7 Å². The van der Waals surface area contributed by atoms with Crippen LogP contribution in [0, 0.1) is 31.6 Å². The number of phenolic OH excluding ortho intramolecular Hbond substituents is 1. The van der Waals surface area contributed by atoms with E-state index >= 15 is 0 Å². The highest BCUT2D eigenvalue weighted by atomic mass is 28.4. The van der Waals surface area contributed by atoms with Crippen molar-refractivity contribution in [2.75, 3.05) is 20.3 Å². The summed E-state index contributed by atoms with van der Waals surface area (Å²) in [4.78, 5) is 28.0. The van der Waals surface area contributed by atoms with Crippen molar-refractivity contribution in [1.29, 1.82) is 0 Å². The molecule has 3 N–H and O–H groups in total. The first kappa shape index (κ1) is 36.5. The Morgan fingerprint density at radius 2 is 1.53 bits per heavy atom. The molecule has 1 aliphatic carbocycles. The summed E-state index contributed by atoms with van der Waals surface area (Å²) in [6.45, 7) is 12.2. The number of hydrogen-bond acceptors (Lipinski definition) is 6.